The highest BCUT2D eigenvalue weighted by Crippen LogP contribution is 2.32. The van der Waals surface area contributed by atoms with Crippen LogP contribution < -0.4 is 10.9 Å². The molecule has 0 saturated carbocycles. The molecule has 0 unspecified atom stereocenters. The van der Waals surface area contributed by atoms with Crippen LogP contribution in [0.25, 0.3) is 22.5 Å². The van der Waals surface area contributed by atoms with Gasteiger partial charge in [0.15, 0.2) is 5.82 Å². The number of carboxylic acid groups (broad SMARTS) is 1. The number of aliphatic carboxylic acids is 1. The second kappa shape index (κ2) is 12.7. The summed E-state index contributed by atoms with van der Waals surface area (Å²) in [5.41, 5.74) is 1.38. The average molecular weight is 625 g/mol. The van der Waals surface area contributed by atoms with Gasteiger partial charge in [0.05, 0.1) is 51.9 Å². The van der Waals surface area contributed by atoms with Gasteiger partial charge in [-0.3, -0.25) is 24.2 Å². The summed E-state index contributed by atoms with van der Waals surface area (Å²) < 4.78 is 62.0. The van der Waals surface area contributed by atoms with Crippen LogP contribution in [0.2, 0.25) is 5.02 Å². The maximum Gasteiger partial charge on any atom is 0.490 e. The second-order valence-corrected chi connectivity index (χ2v) is 9.91. The lowest BCUT2D eigenvalue weighted by Gasteiger charge is -2.22. The van der Waals surface area contributed by atoms with E-state index < -0.39 is 40.9 Å². The molecule has 1 aliphatic rings. The predicted octanol–water partition coefficient (Wildman–Crippen LogP) is 5.61. The number of aromatic nitrogens is 5. The van der Waals surface area contributed by atoms with Crippen LogP contribution in [0, 0.1) is 17.6 Å². The molecule has 10 nitrogen and oxygen atoms in total. The fraction of sp³-hybridized carbons (Fsp3) is 0.259. The summed E-state index contributed by atoms with van der Waals surface area (Å²) in [6.07, 6.45) is 1.03. The number of aromatic amines is 1. The fourth-order valence-corrected chi connectivity index (χ4v) is 4.52. The molecule has 0 saturated heterocycles. The predicted molar refractivity (Wildman–Crippen MR) is 144 cm³/mol. The van der Waals surface area contributed by atoms with Crippen molar-refractivity contribution < 1.29 is 36.6 Å². The minimum atomic E-state index is -5.08. The topological polar surface area (TPSA) is 143 Å². The van der Waals surface area contributed by atoms with Gasteiger partial charge in [0.25, 0.3) is 5.56 Å². The Morgan fingerprint density at radius 3 is 2.51 bits per heavy atom. The first-order chi connectivity index (χ1) is 20.3. The Hall–Kier alpha value is -4.66. The number of amides is 1. The van der Waals surface area contributed by atoms with Crippen molar-refractivity contribution in [1.82, 2.24) is 24.7 Å². The summed E-state index contributed by atoms with van der Waals surface area (Å²) in [4.78, 5) is 43.5. The monoisotopic (exact) mass is 624 g/mol. The summed E-state index contributed by atoms with van der Waals surface area (Å²) in [5.74, 6) is -5.01. The Balaban J connectivity index is 0.000000541. The third kappa shape index (κ3) is 7.05. The molecule has 0 aliphatic carbocycles. The number of alkyl halides is 3. The highest BCUT2D eigenvalue weighted by Gasteiger charge is 2.38. The molecular formula is C27H22ClF5N6O4. The van der Waals surface area contributed by atoms with E-state index in [0.29, 0.717) is 36.3 Å². The molecule has 0 radical (unpaired) electrons. The highest BCUT2D eigenvalue weighted by atomic mass is 35.5. The van der Waals surface area contributed by atoms with Crippen molar-refractivity contribution in [2.24, 2.45) is 5.92 Å². The third-order valence-electron chi connectivity index (χ3n) is 6.58. The minimum absolute atomic E-state index is 0.127. The number of carbonyl (C=O) groups is 2. The van der Waals surface area contributed by atoms with Gasteiger partial charge >= 0.3 is 12.1 Å². The van der Waals surface area contributed by atoms with E-state index in [1.165, 1.54) is 10.9 Å². The van der Waals surface area contributed by atoms with Crippen LogP contribution in [0.15, 0.2) is 53.8 Å². The van der Waals surface area contributed by atoms with Crippen molar-refractivity contribution in [3.05, 3.63) is 81.8 Å². The number of nitrogens with zero attached hydrogens (tertiary/aromatic N) is 4. The van der Waals surface area contributed by atoms with E-state index in [-0.39, 0.29) is 22.5 Å². The Labute approximate surface area is 244 Å². The molecule has 1 aromatic carbocycles. The standard InChI is InChI=1S/C25H21ClF2N6O2.C2HF3O2/c1-13-3-2-4-20(17-9-14(7-8-29-17)24-19(11-31-33-24)32-25(13)36)34-12-30-18(10-21(34)35)22-16(27)6-5-15(26)23(22)28;3-2(4,5)1(6)7/h5-13,20H,2-4H2,1H3,(H,31,33)(H,32,36);(H,6,7)/t13-,20+;/m1./s1. The molecule has 2 bridgehead atoms. The molecular weight excluding hydrogens is 603 g/mol. The molecule has 16 heteroatoms. The first kappa shape index (κ1) is 31.3. The molecule has 43 heavy (non-hydrogen) atoms. The molecule has 5 rings (SSSR count). The largest absolute Gasteiger partial charge is 0.490 e. The van der Waals surface area contributed by atoms with Gasteiger partial charge in [-0.05, 0) is 37.1 Å². The van der Waals surface area contributed by atoms with Gasteiger partial charge in [0, 0.05) is 23.7 Å². The van der Waals surface area contributed by atoms with Crippen LogP contribution >= 0.6 is 11.6 Å². The van der Waals surface area contributed by atoms with Gasteiger partial charge < -0.3 is 10.4 Å². The van der Waals surface area contributed by atoms with Crippen LogP contribution in [-0.2, 0) is 9.59 Å². The molecule has 0 fully saturated rings. The molecule has 4 aromatic rings. The summed E-state index contributed by atoms with van der Waals surface area (Å²) in [6.45, 7) is 1.84. The number of carboxylic acids is 1. The number of benzene rings is 1. The number of hydrogen-bond acceptors (Lipinski definition) is 6. The van der Waals surface area contributed by atoms with Gasteiger partial charge in [-0.15, -0.1) is 0 Å². The third-order valence-corrected chi connectivity index (χ3v) is 6.88. The molecule has 3 aromatic heterocycles. The van der Waals surface area contributed by atoms with Crippen molar-refractivity contribution in [2.45, 2.75) is 38.4 Å². The van der Waals surface area contributed by atoms with Crippen LogP contribution in [0.3, 0.4) is 0 Å². The maximum absolute atomic E-state index is 14.5. The quantitative estimate of drug-likeness (QED) is 0.194. The van der Waals surface area contributed by atoms with Crippen LogP contribution in [0.1, 0.15) is 37.9 Å². The zero-order valence-corrected chi connectivity index (χ0v) is 22.9. The van der Waals surface area contributed by atoms with Crippen molar-refractivity contribution in [2.75, 3.05) is 5.32 Å². The zero-order chi connectivity index (χ0) is 31.5. The summed E-state index contributed by atoms with van der Waals surface area (Å²) in [5, 5.41) is 16.7. The number of halogens is 6. The maximum atomic E-state index is 14.5. The van der Waals surface area contributed by atoms with Gasteiger partial charge in [-0.25, -0.2) is 18.6 Å². The molecule has 1 amide bonds. The number of hydrogen-bond donors (Lipinski definition) is 3. The number of pyridine rings is 1. The van der Waals surface area contributed by atoms with Gasteiger partial charge in [0.1, 0.15) is 5.82 Å². The molecule has 2 atom stereocenters. The zero-order valence-electron chi connectivity index (χ0n) is 22.1. The molecule has 0 spiro atoms. The summed E-state index contributed by atoms with van der Waals surface area (Å²) in [7, 11) is 0. The summed E-state index contributed by atoms with van der Waals surface area (Å²) >= 11 is 5.81. The highest BCUT2D eigenvalue weighted by molar-refractivity contribution is 6.31. The molecule has 1 aliphatic heterocycles. The van der Waals surface area contributed by atoms with E-state index in [2.05, 4.69) is 25.5 Å². The second-order valence-electron chi connectivity index (χ2n) is 9.51. The van der Waals surface area contributed by atoms with Crippen molar-refractivity contribution in [3.63, 3.8) is 0 Å². The first-order valence-corrected chi connectivity index (χ1v) is 13.0. The molecule has 4 heterocycles. The Bertz CT molecular complexity index is 1720. The average Bonchev–Trinajstić information content (AvgIpc) is 3.41. The van der Waals surface area contributed by atoms with Gasteiger partial charge in [0.2, 0.25) is 5.91 Å². The van der Waals surface area contributed by atoms with Gasteiger partial charge in [-0.1, -0.05) is 24.9 Å². The van der Waals surface area contributed by atoms with Crippen molar-refractivity contribution in [3.8, 4) is 22.5 Å². The Kier molecular flexibility index (Phi) is 9.23. The van der Waals surface area contributed by atoms with Crippen LogP contribution in [0.5, 0.6) is 0 Å². The van der Waals surface area contributed by atoms with E-state index in [9.17, 15) is 31.5 Å². The van der Waals surface area contributed by atoms with Crippen molar-refractivity contribution >= 4 is 29.2 Å². The Morgan fingerprint density at radius 2 is 1.84 bits per heavy atom. The lowest BCUT2D eigenvalue weighted by Crippen LogP contribution is -2.27. The number of H-pyrrole nitrogens is 1. The number of rotatable bonds is 2. The minimum Gasteiger partial charge on any atom is -0.475 e. The van der Waals surface area contributed by atoms with E-state index in [1.807, 2.05) is 13.0 Å². The van der Waals surface area contributed by atoms with E-state index in [1.54, 1.807) is 18.5 Å². The number of anilines is 1. The molecule has 226 valence electrons. The number of fused-ring (bicyclic) bond motifs is 4. The van der Waals surface area contributed by atoms with Crippen LogP contribution in [0.4, 0.5) is 27.6 Å². The van der Waals surface area contributed by atoms with E-state index in [4.69, 9.17) is 21.5 Å². The van der Waals surface area contributed by atoms with Gasteiger partial charge in [-0.2, -0.15) is 18.3 Å². The number of nitrogens with one attached hydrogen (secondary N) is 2. The van der Waals surface area contributed by atoms with E-state index in [0.717, 1.165) is 23.8 Å². The van der Waals surface area contributed by atoms with Crippen molar-refractivity contribution in [1.29, 1.82) is 0 Å². The fourth-order valence-electron chi connectivity index (χ4n) is 4.36. The lowest BCUT2D eigenvalue weighted by molar-refractivity contribution is -0.192. The number of carbonyl (C=O) groups excluding carboxylic acids is 1. The normalized spacial score (nSPS) is 17.0. The molecule has 3 N–H and O–H groups in total. The lowest BCUT2D eigenvalue weighted by atomic mass is 9.97. The smallest absolute Gasteiger partial charge is 0.475 e. The Morgan fingerprint density at radius 1 is 1.12 bits per heavy atom. The van der Waals surface area contributed by atoms with E-state index >= 15 is 0 Å². The summed E-state index contributed by atoms with van der Waals surface area (Å²) in [6, 6.07) is 6.28. The SMILES string of the molecule is C[C@@H]1CCC[C@H](n2cnc(-c3c(F)ccc(Cl)c3F)cc2=O)c2cc(ccn2)-c2[nH]ncc2NC1=O.O=C(O)C(F)(F)F. The van der Waals surface area contributed by atoms with Crippen LogP contribution in [-0.4, -0.2) is 47.9 Å². The first-order valence-electron chi connectivity index (χ1n) is 12.6.